The van der Waals surface area contributed by atoms with Crippen molar-refractivity contribution in [2.45, 2.75) is 19.3 Å². The van der Waals surface area contributed by atoms with Crippen LogP contribution in [-0.2, 0) is 10.2 Å². The molecule has 0 heterocycles. The van der Waals surface area contributed by atoms with Gasteiger partial charge in [0.1, 0.15) is 11.5 Å². The van der Waals surface area contributed by atoms with E-state index in [-0.39, 0.29) is 22.3 Å². The van der Waals surface area contributed by atoms with Crippen molar-refractivity contribution in [1.29, 1.82) is 0 Å². The lowest BCUT2D eigenvalue weighted by Crippen LogP contribution is -2.19. The highest BCUT2D eigenvalue weighted by Crippen LogP contribution is 2.33. The molecule has 3 aromatic carbocycles. The molecule has 0 radical (unpaired) electrons. The fourth-order valence-corrected chi connectivity index (χ4v) is 3.10. The lowest BCUT2D eigenvalue weighted by atomic mass is 9.78. The van der Waals surface area contributed by atoms with E-state index in [0.29, 0.717) is 5.75 Å². The molecule has 0 atom stereocenters. The molecule has 0 aromatic heterocycles. The first-order valence-electron chi connectivity index (χ1n) is 9.12. The van der Waals surface area contributed by atoms with Crippen LogP contribution in [-0.4, -0.2) is 24.2 Å². The van der Waals surface area contributed by atoms with Crippen molar-refractivity contribution in [3.63, 3.8) is 0 Å². The molecular weight excluding hydrogens is 368 g/mol. The fourth-order valence-electron chi connectivity index (χ4n) is 3.10. The minimum Gasteiger partial charge on any atom is -0.508 e. The summed E-state index contributed by atoms with van der Waals surface area (Å²) in [7, 11) is 1.26. The Bertz CT molecular complexity index is 1020. The van der Waals surface area contributed by atoms with Gasteiger partial charge in [0.2, 0.25) is 0 Å². The van der Waals surface area contributed by atoms with E-state index in [1.807, 2.05) is 24.3 Å². The number of rotatable bonds is 5. The predicted octanol–water partition coefficient (Wildman–Crippen LogP) is 4.72. The molecule has 0 bridgehead atoms. The summed E-state index contributed by atoms with van der Waals surface area (Å²) in [5.74, 6) is -0.626. The van der Waals surface area contributed by atoms with E-state index in [0.717, 1.165) is 11.1 Å². The molecule has 3 aromatic rings. The number of benzene rings is 3. The second-order valence-electron chi connectivity index (χ2n) is 7.12. The normalized spacial score (nSPS) is 11.0. The number of ether oxygens (including phenoxy) is 2. The van der Waals surface area contributed by atoms with E-state index in [9.17, 15) is 14.7 Å². The van der Waals surface area contributed by atoms with Gasteiger partial charge in [-0.3, -0.25) is 0 Å². The summed E-state index contributed by atoms with van der Waals surface area (Å²) in [4.78, 5) is 24.4. The third kappa shape index (κ3) is 4.29. The van der Waals surface area contributed by atoms with E-state index in [1.165, 1.54) is 19.2 Å². The van der Waals surface area contributed by atoms with E-state index in [4.69, 9.17) is 9.47 Å². The van der Waals surface area contributed by atoms with Crippen LogP contribution in [0.3, 0.4) is 0 Å². The predicted molar refractivity (Wildman–Crippen MR) is 109 cm³/mol. The maximum Gasteiger partial charge on any atom is 0.344 e. The highest BCUT2D eigenvalue weighted by atomic mass is 16.5. The Hall–Kier alpha value is -3.60. The molecule has 5 heteroatoms. The number of carbonyl (C=O) groups excluding carboxylic acids is 2. The van der Waals surface area contributed by atoms with Gasteiger partial charge in [-0.2, -0.15) is 0 Å². The molecular formula is C24H22O5. The summed E-state index contributed by atoms with van der Waals surface area (Å²) in [6.07, 6.45) is 0. The number of methoxy groups -OCH3 is 1. The Morgan fingerprint density at radius 2 is 1.24 bits per heavy atom. The number of phenolic OH excluding ortho intramolecular Hbond substituents is 1. The molecule has 0 saturated carbocycles. The number of aromatic hydroxyl groups is 1. The average Bonchev–Trinajstić information content (AvgIpc) is 2.74. The zero-order chi connectivity index (χ0) is 21.0. The average molecular weight is 390 g/mol. The molecule has 0 spiro atoms. The molecule has 3 rings (SSSR count). The van der Waals surface area contributed by atoms with Gasteiger partial charge in [-0.25, -0.2) is 9.59 Å². The summed E-state index contributed by atoms with van der Waals surface area (Å²) in [6, 6.07) is 20.7. The first kappa shape index (κ1) is 20.1. The molecule has 0 fully saturated rings. The minimum atomic E-state index is -0.628. The second-order valence-corrected chi connectivity index (χ2v) is 7.12. The van der Waals surface area contributed by atoms with Crippen LogP contribution in [0.5, 0.6) is 11.5 Å². The van der Waals surface area contributed by atoms with Crippen molar-refractivity contribution in [3.05, 3.63) is 95.1 Å². The summed E-state index contributed by atoms with van der Waals surface area (Å²) in [5.41, 5.74) is 2.08. The number of hydrogen-bond donors (Lipinski definition) is 1. The van der Waals surface area contributed by atoms with E-state index < -0.39 is 11.9 Å². The Labute approximate surface area is 169 Å². The molecule has 0 aliphatic rings. The van der Waals surface area contributed by atoms with Crippen molar-refractivity contribution in [1.82, 2.24) is 0 Å². The molecule has 0 amide bonds. The SMILES string of the molecule is COC(=O)c1ccccc1C(=O)Oc1ccc(C(C)(C)c2ccc(O)cc2)cc1. The van der Waals surface area contributed by atoms with Crippen LogP contribution in [0.2, 0.25) is 0 Å². The van der Waals surface area contributed by atoms with Crippen LogP contribution in [0, 0.1) is 0 Å². The molecule has 29 heavy (non-hydrogen) atoms. The monoisotopic (exact) mass is 390 g/mol. The maximum absolute atomic E-state index is 12.5. The molecule has 0 aliphatic carbocycles. The van der Waals surface area contributed by atoms with Crippen LogP contribution < -0.4 is 4.74 Å². The highest BCUT2D eigenvalue weighted by molar-refractivity contribution is 6.03. The largest absolute Gasteiger partial charge is 0.508 e. The molecule has 0 aliphatic heterocycles. The number of phenols is 1. The van der Waals surface area contributed by atoms with Crippen molar-refractivity contribution < 1.29 is 24.2 Å². The van der Waals surface area contributed by atoms with Crippen molar-refractivity contribution in [2.24, 2.45) is 0 Å². The Kier molecular flexibility index (Phi) is 5.69. The molecule has 148 valence electrons. The van der Waals surface area contributed by atoms with Gasteiger partial charge in [-0.15, -0.1) is 0 Å². The van der Waals surface area contributed by atoms with Crippen LogP contribution in [0.1, 0.15) is 45.7 Å². The second kappa shape index (κ2) is 8.19. The van der Waals surface area contributed by atoms with Crippen molar-refractivity contribution in [3.8, 4) is 11.5 Å². The third-order valence-corrected chi connectivity index (χ3v) is 4.93. The smallest absolute Gasteiger partial charge is 0.344 e. The Morgan fingerprint density at radius 3 is 1.76 bits per heavy atom. The number of carbonyl (C=O) groups is 2. The maximum atomic E-state index is 12.5. The summed E-state index contributed by atoms with van der Waals surface area (Å²) < 4.78 is 10.2. The van der Waals surface area contributed by atoms with Gasteiger partial charge in [0.25, 0.3) is 0 Å². The summed E-state index contributed by atoms with van der Waals surface area (Å²) in [6.45, 7) is 4.15. The fraction of sp³-hybridized carbons (Fsp3) is 0.167. The standard InChI is InChI=1S/C24H22O5/c1-24(2,16-8-12-18(25)13-9-16)17-10-14-19(15-11-17)29-23(27)21-7-5-4-6-20(21)22(26)28-3/h4-15,25H,1-3H3. The highest BCUT2D eigenvalue weighted by Gasteiger charge is 2.24. The lowest BCUT2D eigenvalue weighted by molar-refractivity contribution is 0.0587. The van der Waals surface area contributed by atoms with Crippen molar-refractivity contribution >= 4 is 11.9 Å². The van der Waals surface area contributed by atoms with Gasteiger partial charge in [0.05, 0.1) is 18.2 Å². The summed E-state index contributed by atoms with van der Waals surface area (Å²) in [5, 5.41) is 9.50. The van der Waals surface area contributed by atoms with Crippen LogP contribution in [0.4, 0.5) is 0 Å². The van der Waals surface area contributed by atoms with Gasteiger partial charge >= 0.3 is 11.9 Å². The first-order chi connectivity index (χ1) is 13.8. The summed E-state index contributed by atoms with van der Waals surface area (Å²) >= 11 is 0. The quantitative estimate of drug-likeness (QED) is 0.504. The van der Waals surface area contributed by atoms with Gasteiger partial charge in [-0.1, -0.05) is 50.2 Å². The van der Waals surface area contributed by atoms with Crippen LogP contribution in [0.15, 0.2) is 72.8 Å². The molecule has 0 unspecified atom stereocenters. The van der Waals surface area contributed by atoms with Crippen molar-refractivity contribution in [2.75, 3.05) is 7.11 Å². The number of esters is 2. The number of hydrogen-bond acceptors (Lipinski definition) is 5. The first-order valence-corrected chi connectivity index (χ1v) is 9.12. The zero-order valence-electron chi connectivity index (χ0n) is 16.5. The lowest BCUT2D eigenvalue weighted by Gasteiger charge is -2.26. The van der Waals surface area contributed by atoms with Crippen LogP contribution >= 0.6 is 0 Å². The van der Waals surface area contributed by atoms with E-state index >= 15 is 0 Å². The zero-order valence-corrected chi connectivity index (χ0v) is 16.5. The minimum absolute atomic E-state index is 0.146. The molecule has 1 N–H and O–H groups in total. The van der Waals surface area contributed by atoms with Gasteiger partial charge in [0.15, 0.2) is 0 Å². The molecule has 0 saturated heterocycles. The van der Waals surface area contributed by atoms with E-state index in [1.54, 1.807) is 36.4 Å². The van der Waals surface area contributed by atoms with Gasteiger partial charge in [0, 0.05) is 5.41 Å². The Balaban J connectivity index is 1.80. The van der Waals surface area contributed by atoms with Gasteiger partial charge < -0.3 is 14.6 Å². The topological polar surface area (TPSA) is 72.8 Å². The van der Waals surface area contributed by atoms with Gasteiger partial charge in [-0.05, 0) is 47.5 Å². The third-order valence-electron chi connectivity index (χ3n) is 4.93. The van der Waals surface area contributed by atoms with Crippen LogP contribution in [0.25, 0.3) is 0 Å². The van der Waals surface area contributed by atoms with E-state index in [2.05, 4.69) is 13.8 Å². The Morgan fingerprint density at radius 1 is 0.759 bits per heavy atom. The molecule has 5 nitrogen and oxygen atoms in total.